The molecular formula is C20H27N2O+. The van der Waals surface area contributed by atoms with Crippen molar-refractivity contribution in [3.8, 4) is 0 Å². The lowest BCUT2D eigenvalue weighted by Gasteiger charge is -2.44. The lowest BCUT2D eigenvalue weighted by Crippen LogP contribution is -2.62. The topological polar surface area (TPSA) is 20.3 Å². The summed E-state index contributed by atoms with van der Waals surface area (Å²) in [5.41, 5.74) is 1.66. The average molecular weight is 311 g/mol. The fourth-order valence-corrected chi connectivity index (χ4v) is 2.68. The molecule has 0 fully saturated rings. The van der Waals surface area contributed by atoms with Gasteiger partial charge in [0, 0.05) is 11.1 Å². The summed E-state index contributed by atoms with van der Waals surface area (Å²) in [6, 6.07) is 10.1. The molecule has 1 rings (SSSR count). The van der Waals surface area contributed by atoms with Crippen LogP contribution in [0.5, 0.6) is 0 Å². The smallest absolute Gasteiger partial charge is 0.264 e. The standard InChI is InChI=1S/C20H27N2O/c1-6-14-21(20(23)18(4)5)22(15-7-2,16-8-3)17-19-12-10-9-11-13-19/h6-13H,1-4,14-17H2,5H3/q+1. The Morgan fingerprint density at radius 2 is 1.65 bits per heavy atom. The van der Waals surface area contributed by atoms with Gasteiger partial charge in [0.05, 0.1) is 6.54 Å². The van der Waals surface area contributed by atoms with Crippen molar-refractivity contribution >= 4 is 5.91 Å². The van der Waals surface area contributed by atoms with E-state index in [1.54, 1.807) is 18.0 Å². The molecule has 0 N–H and O–H groups in total. The van der Waals surface area contributed by atoms with Gasteiger partial charge in [-0.05, 0) is 19.1 Å². The number of carbonyl (C=O) groups excluding carboxylic acids is 1. The molecule has 0 aliphatic carbocycles. The number of carbonyl (C=O) groups is 1. The summed E-state index contributed by atoms with van der Waals surface area (Å²) in [7, 11) is 0. The highest BCUT2D eigenvalue weighted by molar-refractivity contribution is 5.91. The van der Waals surface area contributed by atoms with Crippen molar-refractivity contribution in [3.05, 3.63) is 86.0 Å². The second kappa shape index (κ2) is 8.91. The number of hydrogen-bond acceptors (Lipinski definition) is 1. The Bertz CT molecular complexity index is 565. The molecule has 0 atom stereocenters. The Kier molecular flexibility index (Phi) is 7.23. The zero-order valence-corrected chi connectivity index (χ0v) is 14.1. The van der Waals surface area contributed by atoms with E-state index in [-0.39, 0.29) is 5.91 Å². The molecule has 3 heteroatoms. The second-order valence-electron chi connectivity index (χ2n) is 5.64. The van der Waals surface area contributed by atoms with Gasteiger partial charge in [0.15, 0.2) is 0 Å². The largest absolute Gasteiger partial charge is 0.294 e. The van der Waals surface area contributed by atoms with E-state index < -0.39 is 0 Å². The first kappa shape index (κ1) is 18.7. The molecule has 0 heterocycles. The molecule has 0 unspecified atom stereocenters. The van der Waals surface area contributed by atoms with E-state index in [1.165, 1.54) is 0 Å². The van der Waals surface area contributed by atoms with Crippen LogP contribution in [-0.2, 0) is 11.3 Å². The Morgan fingerprint density at radius 1 is 1.09 bits per heavy atom. The predicted molar refractivity (Wildman–Crippen MR) is 97.3 cm³/mol. The van der Waals surface area contributed by atoms with Crippen LogP contribution in [0, 0.1) is 0 Å². The summed E-state index contributed by atoms with van der Waals surface area (Å²) >= 11 is 0. The summed E-state index contributed by atoms with van der Waals surface area (Å²) in [6.45, 7) is 19.5. The van der Waals surface area contributed by atoms with Gasteiger partial charge >= 0.3 is 0 Å². The molecule has 0 saturated heterocycles. The molecule has 0 aliphatic heterocycles. The van der Waals surface area contributed by atoms with Gasteiger partial charge in [0.25, 0.3) is 5.91 Å². The first-order valence-corrected chi connectivity index (χ1v) is 7.71. The third-order valence-corrected chi connectivity index (χ3v) is 3.67. The van der Waals surface area contributed by atoms with Gasteiger partial charge in [-0.2, -0.15) is 5.01 Å². The number of benzene rings is 1. The highest BCUT2D eigenvalue weighted by atomic mass is 16.2. The summed E-state index contributed by atoms with van der Waals surface area (Å²) in [6.07, 6.45) is 5.42. The van der Waals surface area contributed by atoms with E-state index in [1.807, 2.05) is 30.4 Å². The van der Waals surface area contributed by atoms with Crippen LogP contribution in [0.2, 0.25) is 0 Å². The summed E-state index contributed by atoms with van der Waals surface area (Å²) in [5, 5.41) is 1.80. The Balaban J connectivity index is 3.35. The van der Waals surface area contributed by atoms with Gasteiger partial charge in [-0.3, -0.25) is 4.79 Å². The number of nitrogens with zero attached hydrogens (tertiary/aromatic N) is 2. The van der Waals surface area contributed by atoms with Crippen LogP contribution >= 0.6 is 0 Å². The minimum absolute atomic E-state index is 0.0791. The second-order valence-corrected chi connectivity index (χ2v) is 5.64. The number of hydrogen-bond donors (Lipinski definition) is 0. The normalized spacial score (nSPS) is 10.7. The molecule has 1 aromatic rings. The van der Waals surface area contributed by atoms with Gasteiger partial charge in [0.1, 0.15) is 19.6 Å². The third-order valence-electron chi connectivity index (χ3n) is 3.67. The fourth-order valence-electron chi connectivity index (χ4n) is 2.68. The molecule has 0 spiro atoms. The van der Waals surface area contributed by atoms with E-state index in [0.717, 1.165) is 5.56 Å². The van der Waals surface area contributed by atoms with Crippen LogP contribution in [0.25, 0.3) is 0 Å². The van der Waals surface area contributed by atoms with Crippen molar-refractivity contribution in [1.29, 1.82) is 0 Å². The first-order valence-electron chi connectivity index (χ1n) is 7.71. The van der Waals surface area contributed by atoms with Crippen molar-refractivity contribution in [2.24, 2.45) is 0 Å². The highest BCUT2D eigenvalue weighted by Gasteiger charge is 2.37. The Morgan fingerprint density at radius 3 is 2.09 bits per heavy atom. The lowest BCUT2D eigenvalue weighted by atomic mass is 10.2. The molecule has 0 aromatic heterocycles. The van der Waals surface area contributed by atoms with Gasteiger partial charge in [0.2, 0.25) is 0 Å². The van der Waals surface area contributed by atoms with Crippen LogP contribution in [0.3, 0.4) is 0 Å². The maximum absolute atomic E-state index is 12.7. The maximum Gasteiger partial charge on any atom is 0.294 e. The summed E-state index contributed by atoms with van der Waals surface area (Å²) in [5.74, 6) is -0.0791. The molecular weight excluding hydrogens is 284 g/mol. The number of amides is 1. The molecule has 122 valence electrons. The fraction of sp³-hybridized carbons (Fsp3) is 0.250. The number of quaternary nitrogens is 1. The quantitative estimate of drug-likeness (QED) is 0.278. The molecule has 23 heavy (non-hydrogen) atoms. The SMILES string of the molecule is C=CCN(C(=O)C(=C)C)[N+](CC=C)(CC=C)Cc1ccccc1. The summed E-state index contributed by atoms with van der Waals surface area (Å²) < 4.78 is 0.398. The van der Waals surface area contributed by atoms with Crippen molar-refractivity contribution in [2.45, 2.75) is 13.5 Å². The minimum Gasteiger partial charge on any atom is -0.264 e. The van der Waals surface area contributed by atoms with Crippen LogP contribution in [0.4, 0.5) is 0 Å². The Hall–Kier alpha value is -2.39. The van der Waals surface area contributed by atoms with E-state index in [0.29, 0.717) is 36.3 Å². The molecule has 3 nitrogen and oxygen atoms in total. The highest BCUT2D eigenvalue weighted by Crippen LogP contribution is 2.21. The molecule has 0 aliphatic rings. The zero-order valence-electron chi connectivity index (χ0n) is 14.1. The molecule has 1 amide bonds. The third kappa shape index (κ3) is 4.80. The average Bonchev–Trinajstić information content (AvgIpc) is 2.53. The van der Waals surface area contributed by atoms with Crippen molar-refractivity contribution in [2.75, 3.05) is 19.6 Å². The van der Waals surface area contributed by atoms with Crippen LogP contribution in [0.15, 0.2) is 80.4 Å². The maximum atomic E-state index is 12.7. The first-order chi connectivity index (χ1) is 11.0. The predicted octanol–water partition coefficient (Wildman–Crippen LogP) is 3.88. The van der Waals surface area contributed by atoms with Gasteiger partial charge in [-0.15, -0.1) is 6.58 Å². The Labute approximate surface area is 140 Å². The van der Waals surface area contributed by atoms with Crippen LogP contribution in [0.1, 0.15) is 12.5 Å². The lowest BCUT2D eigenvalue weighted by molar-refractivity contribution is -1.02. The van der Waals surface area contributed by atoms with Gasteiger partial charge < -0.3 is 0 Å². The summed E-state index contributed by atoms with van der Waals surface area (Å²) in [4.78, 5) is 12.7. The van der Waals surface area contributed by atoms with Crippen LogP contribution in [-0.4, -0.2) is 35.1 Å². The van der Waals surface area contributed by atoms with Crippen molar-refractivity contribution < 1.29 is 9.39 Å². The van der Waals surface area contributed by atoms with Gasteiger partial charge in [-0.1, -0.05) is 56.1 Å². The number of rotatable bonds is 10. The van der Waals surface area contributed by atoms with E-state index in [9.17, 15) is 4.79 Å². The van der Waals surface area contributed by atoms with Crippen molar-refractivity contribution in [1.82, 2.24) is 5.01 Å². The molecule has 0 bridgehead atoms. The minimum atomic E-state index is -0.0791. The van der Waals surface area contributed by atoms with Gasteiger partial charge in [-0.25, -0.2) is 4.59 Å². The zero-order chi connectivity index (χ0) is 17.3. The van der Waals surface area contributed by atoms with E-state index in [2.05, 4.69) is 38.4 Å². The molecule has 1 aromatic carbocycles. The van der Waals surface area contributed by atoms with Crippen LogP contribution < -0.4 is 0 Å². The van der Waals surface area contributed by atoms with E-state index in [4.69, 9.17) is 0 Å². The monoisotopic (exact) mass is 311 g/mol. The van der Waals surface area contributed by atoms with Crippen molar-refractivity contribution in [3.63, 3.8) is 0 Å². The molecule has 0 saturated carbocycles. The van der Waals surface area contributed by atoms with E-state index >= 15 is 0 Å². The molecule has 0 radical (unpaired) electrons.